The quantitative estimate of drug-likeness (QED) is 0.0263. The van der Waals surface area contributed by atoms with Crippen molar-refractivity contribution in [1.29, 1.82) is 0 Å². The molecular weight excluding hydrogens is 1120 g/mol. The Labute approximate surface area is 489 Å². The van der Waals surface area contributed by atoms with Crippen molar-refractivity contribution in [2.24, 2.45) is 82.9 Å². The van der Waals surface area contributed by atoms with Gasteiger partial charge in [0.15, 0.2) is 12.6 Å². The van der Waals surface area contributed by atoms with Crippen LogP contribution in [0.3, 0.4) is 0 Å². The predicted octanol–water partition coefficient (Wildman–Crippen LogP) is 24.0. The maximum atomic E-state index is 6.92. The van der Waals surface area contributed by atoms with E-state index in [-0.39, 0.29) is 12.6 Å². The highest BCUT2D eigenvalue weighted by molar-refractivity contribution is 14.1. The van der Waals surface area contributed by atoms with Gasteiger partial charge in [-0.25, -0.2) is 0 Å². The molecule has 73 heavy (non-hydrogen) atoms. The first-order valence-corrected chi connectivity index (χ1v) is 35.9. The van der Waals surface area contributed by atoms with Crippen molar-refractivity contribution in [3.63, 3.8) is 0 Å². The second-order valence-electron chi connectivity index (χ2n) is 27.4. The summed E-state index contributed by atoms with van der Waals surface area (Å²) in [5.41, 5.74) is 0. The lowest BCUT2D eigenvalue weighted by Crippen LogP contribution is -2.28. The molecule has 3 nitrogen and oxygen atoms in total. The highest BCUT2D eigenvalue weighted by atomic mass is 127. The van der Waals surface area contributed by atoms with Crippen LogP contribution in [-0.4, -0.2) is 34.6 Å². The Morgan fingerprint density at radius 3 is 0.699 bits per heavy atom. The summed E-state index contributed by atoms with van der Waals surface area (Å²) in [4.78, 5) is 0. The molecule has 0 aliphatic rings. The zero-order valence-corrected chi connectivity index (χ0v) is 57.0. The summed E-state index contributed by atoms with van der Waals surface area (Å²) in [5.74, 6) is 11.5. The average Bonchev–Trinajstić information content (AvgIpc) is 3.28. The van der Waals surface area contributed by atoms with E-state index in [9.17, 15) is 0 Å². The fraction of sp³-hybridized carbons (Fsp3) is 1.00. The van der Waals surface area contributed by atoms with E-state index in [2.05, 4.69) is 156 Å². The first kappa shape index (κ1) is 74.3. The molecule has 16 unspecified atom stereocenters. The van der Waals surface area contributed by atoms with Gasteiger partial charge in [-0.05, 0) is 233 Å². The minimum absolute atomic E-state index is 0.163. The van der Waals surface area contributed by atoms with Gasteiger partial charge in [0.2, 0.25) is 0 Å². The van der Waals surface area contributed by atoms with Crippen molar-refractivity contribution in [3.05, 3.63) is 0 Å². The van der Waals surface area contributed by atoms with E-state index in [1.807, 2.05) is 0 Å². The van der Waals surface area contributed by atoms with Gasteiger partial charge in [0, 0.05) is 13.2 Å². The summed E-state index contributed by atoms with van der Waals surface area (Å²) >= 11 is 5.07. The number of rotatable bonds is 54. The van der Waals surface area contributed by atoms with E-state index >= 15 is 0 Å². The molecule has 0 amide bonds. The maximum absolute atomic E-state index is 6.92. The highest BCUT2D eigenvalue weighted by Gasteiger charge is 2.23. The Morgan fingerprint density at radius 2 is 0.466 bits per heavy atom. The van der Waals surface area contributed by atoms with Crippen LogP contribution in [0.25, 0.3) is 0 Å². The van der Waals surface area contributed by atoms with Crippen molar-refractivity contribution in [2.75, 3.05) is 22.1 Å². The Balaban J connectivity index is 5.23. The molecule has 0 heterocycles. The molecule has 0 radical (unpaired) electrons. The number of ether oxygens (including phenoxy) is 3. The van der Waals surface area contributed by atoms with Gasteiger partial charge < -0.3 is 14.2 Å². The maximum Gasteiger partial charge on any atom is 0.160 e. The van der Waals surface area contributed by atoms with Crippen LogP contribution in [0.2, 0.25) is 0 Å². The van der Waals surface area contributed by atoms with Crippen molar-refractivity contribution in [2.45, 2.75) is 329 Å². The standard InChI is InChI=1S/C68H136I2O3/c1-17-19-21-23-25-39-71-67(35-27-31-53(3)41-57(7)45-61(11)49-65(15)51-63(13)47-59(9)43-55(5)33-29-37-69)73-68(72-40-26-24-22-20-18-2)36-28-32-54(4)42-58(8)46-62(12)50-66(16)52-64(14)48-60(10)44-56(6)34-30-38-70/h53-68H,17-52H2,1-16H3. The van der Waals surface area contributed by atoms with Gasteiger partial charge in [-0.15, -0.1) is 0 Å². The van der Waals surface area contributed by atoms with Crippen molar-refractivity contribution in [1.82, 2.24) is 0 Å². The SMILES string of the molecule is CCCCCCCOC(CCCC(C)CC(C)CC(C)CC(C)CC(C)CC(C)CC(C)CCCI)OC(CCCC(C)CC(C)CC(C)CC(C)CC(C)CC(C)CC(C)CCCI)OCCCCCCC. The summed E-state index contributed by atoms with van der Waals surface area (Å²) in [6.07, 6.45) is 41.3. The van der Waals surface area contributed by atoms with E-state index in [0.29, 0.717) is 0 Å². The fourth-order valence-corrected chi connectivity index (χ4v) is 15.1. The Kier molecular flexibility index (Phi) is 50.1. The number of hydrogen-bond acceptors (Lipinski definition) is 3. The number of alkyl halides is 2. The molecule has 0 spiro atoms. The van der Waals surface area contributed by atoms with Gasteiger partial charge >= 0.3 is 0 Å². The van der Waals surface area contributed by atoms with Crippen LogP contribution in [0, 0.1) is 82.9 Å². The molecule has 0 N–H and O–H groups in total. The third kappa shape index (κ3) is 46.8. The molecule has 0 rings (SSSR count). The van der Waals surface area contributed by atoms with E-state index in [1.165, 1.54) is 189 Å². The van der Waals surface area contributed by atoms with Crippen LogP contribution in [0.5, 0.6) is 0 Å². The lowest BCUT2D eigenvalue weighted by molar-refractivity contribution is -0.250. The molecule has 0 aliphatic carbocycles. The summed E-state index contributed by atoms with van der Waals surface area (Å²) in [5, 5.41) is 0. The molecule has 0 fully saturated rings. The normalized spacial score (nSPS) is 19.0. The molecular formula is C68H136I2O3. The van der Waals surface area contributed by atoms with Crippen LogP contribution in [0.1, 0.15) is 316 Å². The van der Waals surface area contributed by atoms with Gasteiger partial charge in [-0.3, -0.25) is 0 Å². The zero-order valence-electron chi connectivity index (χ0n) is 52.7. The Hall–Kier alpha value is 1.34. The van der Waals surface area contributed by atoms with Gasteiger partial charge in [-0.2, -0.15) is 0 Å². The van der Waals surface area contributed by atoms with Gasteiger partial charge in [0.1, 0.15) is 0 Å². The minimum Gasteiger partial charge on any atom is -0.353 e. The van der Waals surface area contributed by atoms with E-state index < -0.39 is 0 Å². The largest absolute Gasteiger partial charge is 0.353 e. The highest BCUT2D eigenvalue weighted by Crippen LogP contribution is 2.33. The van der Waals surface area contributed by atoms with Crippen molar-refractivity contribution >= 4 is 45.2 Å². The third-order valence-electron chi connectivity index (χ3n) is 17.0. The Morgan fingerprint density at radius 1 is 0.247 bits per heavy atom. The third-order valence-corrected chi connectivity index (χ3v) is 18.5. The summed E-state index contributed by atoms with van der Waals surface area (Å²) in [6.45, 7) is 41.5. The van der Waals surface area contributed by atoms with Gasteiger partial charge in [-0.1, -0.05) is 220 Å². The van der Waals surface area contributed by atoms with Gasteiger partial charge in [0.05, 0.1) is 0 Å². The lowest BCUT2D eigenvalue weighted by Gasteiger charge is -2.27. The molecule has 0 bridgehead atoms. The monoisotopic (exact) mass is 1250 g/mol. The van der Waals surface area contributed by atoms with Gasteiger partial charge in [0.25, 0.3) is 0 Å². The molecule has 0 aromatic carbocycles. The molecule has 0 saturated carbocycles. The van der Waals surface area contributed by atoms with Crippen LogP contribution in [0.15, 0.2) is 0 Å². The Bertz CT molecular complexity index is 1070. The molecule has 5 heteroatoms. The first-order chi connectivity index (χ1) is 34.8. The fourth-order valence-electron chi connectivity index (χ4n) is 14.2. The average molecular weight is 1260 g/mol. The number of unbranched alkanes of at least 4 members (excludes halogenated alkanes) is 8. The molecule has 16 atom stereocenters. The first-order valence-electron chi connectivity index (χ1n) is 32.8. The van der Waals surface area contributed by atoms with Crippen LogP contribution in [-0.2, 0) is 14.2 Å². The molecule has 0 aromatic heterocycles. The number of hydrogen-bond donors (Lipinski definition) is 0. The topological polar surface area (TPSA) is 27.7 Å². The zero-order chi connectivity index (χ0) is 54.8. The second kappa shape index (κ2) is 49.2. The molecule has 440 valence electrons. The van der Waals surface area contributed by atoms with Crippen molar-refractivity contribution < 1.29 is 14.2 Å². The van der Waals surface area contributed by atoms with Crippen LogP contribution in [0.4, 0.5) is 0 Å². The van der Waals surface area contributed by atoms with Crippen LogP contribution < -0.4 is 0 Å². The molecule has 0 saturated heterocycles. The summed E-state index contributed by atoms with van der Waals surface area (Å²) < 4.78 is 22.8. The molecule has 0 aliphatic heterocycles. The smallest absolute Gasteiger partial charge is 0.160 e. The minimum atomic E-state index is -0.163. The summed E-state index contributed by atoms with van der Waals surface area (Å²) in [7, 11) is 0. The van der Waals surface area contributed by atoms with E-state index in [0.717, 1.165) is 122 Å². The number of halogens is 2. The van der Waals surface area contributed by atoms with Crippen molar-refractivity contribution in [3.8, 4) is 0 Å². The second-order valence-corrected chi connectivity index (χ2v) is 29.5. The molecule has 0 aromatic rings. The predicted molar refractivity (Wildman–Crippen MR) is 346 cm³/mol. The van der Waals surface area contributed by atoms with E-state index in [1.54, 1.807) is 0 Å². The summed E-state index contributed by atoms with van der Waals surface area (Å²) in [6, 6.07) is 0. The lowest BCUT2D eigenvalue weighted by atomic mass is 9.80. The van der Waals surface area contributed by atoms with E-state index in [4.69, 9.17) is 14.2 Å². The van der Waals surface area contributed by atoms with Crippen LogP contribution >= 0.6 is 45.2 Å².